The van der Waals surface area contributed by atoms with Crippen molar-refractivity contribution in [3.63, 3.8) is 0 Å². The molecule has 0 saturated carbocycles. The normalized spacial score (nSPS) is 11.8. The number of amides is 1. The van der Waals surface area contributed by atoms with E-state index in [9.17, 15) is 9.59 Å². The number of hydrogen-bond acceptors (Lipinski definition) is 4. The Morgan fingerprint density at radius 3 is 2.41 bits per heavy atom. The third kappa shape index (κ3) is 4.66. The third-order valence-corrected chi connectivity index (χ3v) is 5.11. The molecule has 0 radical (unpaired) electrons. The van der Waals surface area contributed by atoms with Crippen molar-refractivity contribution in [1.82, 2.24) is 9.97 Å². The number of anilines is 1. The molecule has 3 rings (SSSR count). The van der Waals surface area contributed by atoms with Gasteiger partial charge in [-0.1, -0.05) is 29.8 Å². The van der Waals surface area contributed by atoms with Gasteiger partial charge in [-0.2, -0.15) is 0 Å². The number of aromatic amines is 1. The Kier molecular flexibility index (Phi) is 6.03. The summed E-state index contributed by atoms with van der Waals surface area (Å²) in [5.74, 6) is -0.264. The minimum atomic E-state index is -0.962. The summed E-state index contributed by atoms with van der Waals surface area (Å²) in [4.78, 5) is 32.4. The van der Waals surface area contributed by atoms with Gasteiger partial charge in [-0.15, -0.1) is 0 Å². The maximum Gasteiger partial charge on any atom is 0.338 e. The minimum Gasteiger partial charge on any atom is -0.449 e. The van der Waals surface area contributed by atoms with Crippen LogP contribution in [0.25, 0.3) is 11.4 Å². The molecule has 1 aromatic heterocycles. The quantitative estimate of drug-likeness (QED) is 0.588. The number of rotatable bonds is 5. The zero-order valence-corrected chi connectivity index (χ0v) is 17.4. The Morgan fingerprint density at radius 1 is 1.10 bits per heavy atom. The molecule has 29 heavy (non-hydrogen) atoms. The number of carbonyl (C=O) groups excluding carboxylic acids is 2. The molecule has 0 aliphatic rings. The van der Waals surface area contributed by atoms with E-state index in [4.69, 9.17) is 16.3 Å². The Bertz CT molecular complexity index is 1040. The van der Waals surface area contributed by atoms with Crippen molar-refractivity contribution in [3.05, 3.63) is 70.0 Å². The number of nitrogens with one attached hydrogen (secondary N) is 2. The zero-order chi connectivity index (χ0) is 21.1. The second-order valence-corrected chi connectivity index (χ2v) is 7.23. The first-order valence-electron chi connectivity index (χ1n) is 9.17. The highest BCUT2D eigenvalue weighted by Crippen LogP contribution is 2.23. The molecule has 2 N–H and O–H groups in total. The van der Waals surface area contributed by atoms with E-state index in [0.717, 1.165) is 28.3 Å². The SMILES string of the molecule is Cc1nc(-c2ccc(C(=O)OC(C)C(=O)Nc3cccc(Cl)c3C)cc2)[nH]c1C. The number of aryl methyl sites for hydroxylation is 2. The summed E-state index contributed by atoms with van der Waals surface area (Å²) < 4.78 is 5.30. The summed E-state index contributed by atoms with van der Waals surface area (Å²) in [5.41, 5.74) is 4.47. The smallest absolute Gasteiger partial charge is 0.338 e. The van der Waals surface area contributed by atoms with E-state index in [-0.39, 0.29) is 0 Å². The Labute approximate surface area is 174 Å². The average Bonchev–Trinajstić information content (AvgIpc) is 3.04. The van der Waals surface area contributed by atoms with Crippen LogP contribution in [-0.4, -0.2) is 27.9 Å². The maximum atomic E-state index is 12.4. The fourth-order valence-electron chi connectivity index (χ4n) is 2.71. The number of ether oxygens (including phenoxy) is 1. The molecule has 1 amide bonds. The Hall–Kier alpha value is -3.12. The predicted octanol–water partition coefficient (Wildman–Crippen LogP) is 4.84. The average molecular weight is 412 g/mol. The molecule has 0 aliphatic carbocycles. The first-order chi connectivity index (χ1) is 13.8. The van der Waals surface area contributed by atoms with E-state index in [2.05, 4.69) is 15.3 Å². The predicted molar refractivity (Wildman–Crippen MR) is 113 cm³/mol. The molecule has 7 heteroatoms. The van der Waals surface area contributed by atoms with Crippen molar-refractivity contribution < 1.29 is 14.3 Å². The van der Waals surface area contributed by atoms with Gasteiger partial charge in [0.15, 0.2) is 6.10 Å². The van der Waals surface area contributed by atoms with E-state index < -0.39 is 18.0 Å². The van der Waals surface area contributed by atoms with Crippen molar-refractivity contribution in [2.24, 2.45) is 0 Å². The number of esters is 1. The van der Waals surface area contributed by atoms with Crippen LogP contribution in [0.1, 0.15) is 34.2 Å². The zero-order valence-electron chi connectivity index (χ0n) is 16.7. The van der Waals surface area contributed by atoms with Crippen LogP contribution in [0.3, 0.4) is 0 Å². The highest BCUT2D eigenvalue weighted by molar-refractivity contribution is 6.31. The molecule has 0 spiro atoms. The van der Waals surface area contributed by atoms with Crippen molar-refractivity contribution in [3.8, 4) is 11.4 Å². The molecule has 1 atom stereocenters. The van der Waals surface area contributed by atoms with Gasteiger partial charge in [-0.25, -0.2) is 9.78 Å². The molecule has 3 aromatic rings. The maximum absolute atomic E-state index is 12.4. The summed E-state index contributed by atoms with van der Waals surface area (Å²) in [6.45, 7) is 7.21. The second-order valence-electron chi connectivity index (χ2n) is 6.82. The number of benzene rings is 2. The lowest BCUT2D eigenvalue weighted by molar-refractivity contribution is -0.123. The lowest BCUT2D eigenvalue weighted by Crippen LogP contribution is -2.30. The number of nitrogens with zero attached hydrogens (tertiary/aromatic N) is 1. The van der Waals surface area contributed by atoms with Gasteiger partial charge in [0, 0.05) is 22.0 Å². The first kappa shape index (κ1) is 20.6. The van der Waals surface area contributed by atoms with Gasteiger partial charge in [0.1, 0.15) is 5.82 Å². The highest BCUT2D eigenvalue weighted by atomic mass is 35.5. The molecule has 0 fully saturated rings. The van der Waals surface area contributed by atoms with E-state index in [1.807, 2.05) is 13.8 Å². The van der Waals surface area contributed by atoms with Crippen molar-refractivity contribution in [2.75, 3.05) is 5.32 Å². The van der Waals surface area contributed by atoms with Crippen LogP contribution in [0, 0.1) is 20.8 Å². The number of aromatic nitrogens is 2. The minimum absolute atomic E-state index is 0.354. The first-order valence-corrected chi connectivity index (χ1v) is 9.54. The Balaban J connectivity index is 1.64. The van der Waals surface area contributed by atoms with E-state index in [1.54, 1.807) is 49.4 Å². The molecule has 0 bridgehead atoms. The van der Waals surface area contributed by atoms with Crippen LogP contribution < -0.4 is 5.32 Å². The third-order valence-electron chi connectivity index (χ3n) is 4.70. The lowest BCUT2D eigenvalue weighted by Gasteiger charge is -2.15. The van der Waals surface area contributed by atoms with Gasteiger partial charge in [-0.3, -0.25) is 4.79 Å². The van der Waals surface area contributed by atoms with Gasteiger partial charge in [-0.05, 0) is 57.5 Å². The number of halogens is 1. The van der Waals surface area contributed by atoms with Gasteiger partial charge in [0.25, 0.3) is 5.91 Å². The Morgan fingerprint density at radius 2 is 1.79 bits per heavy atom. The van der Waals surface area contributed by atoms with Gasteiger partial charge < -0.3 is 15.0 Å². The number of carbonyl (C=O) groups is 2. The molecule has 1 unspecified atom stereocenters. The molecule has 6 nitrogen and oxygen atoms in total. The van der Waals surface area contributed by atoms with Crippen LogP contribution in [0.5, 0.6) is 0 Å². The van der Waals surface area contributed by atoms with Crippen LogP contribution in [0.4, 0.5) is 5.69 Å². The molecular weight excluding hydrogens is 390 g/mol. The van der Waals surface area contributed by atoms with Crippen LogP contribution in [0.15, 0.2) is 42.5 Å². The van der Waals surface area contributed by atoms with Crippen LogP contribution >= 0.6 is 11.6 Å². The number of hydrogen-bond donors (Lipinski definition) is 2. The summed E-state index contributed by atoms with van der Waals surface area (Å²) in [5, 5.41) is 3.28. The van der Waals surface area contributed by atoms with Crippen molar-refractivity contribution >= 4 is 29.2 Å². The largest absolute Gasteiger partial charge is 0.449 e. The molecule has 150 valence electrons. The van der Waals surface area contributed by atoms with Gasteiger partial charge in [0.2, 0.25) is 0 Å². The monoisotopic (exact) mass is 411 g/mol. The van der Waals surface area contributed by atoms with Crippen molar-refractivity contribution in [2.45, 2.75) is 33.8 Å². The molecule has 0 aliphatic heterocycles. The van der Waals surface area contributed by atoms with E-state index in [1.165, 1.54) is 6.92 Å². The summed E-state index contributed by atoms with van der Waals surface area (Å²) >= 11 is 6.06. The van der Waals surface area contributed by atoms with E-state index >= 15 is 0 Å². The standard InChI is InChI=1S/C22H22ClN3O3/c1-12-18(23)6-5-7-19(12)26-21(27)15(4)29-22(28)17-10-8-16(9-11-17)20-24-13(2)14(3)25-20/h5-11,15H,1-4H3,(H,24,25)(H,26,27). The molecule has 0 saturated heterocycles. The fraction of sp³-hybridized carbons (Fsp3) is 0.227. The topological polar surface area (TPSA) is 84.1 Å². The fourth-order valence-corrected chi connectivity index (χ4v) is 2.88. The van der Waals surface area contributed by atoms with Gasteiger partial charge in [0.05, 0.1) is 11.3 Å². The lowest BCUT2D eigenvalue weighted by atomic mass is 10.1. The van der Waals surface area contributed by atoms with Gasteiger partial charge >= 0.3 is 5.97 Å². The number of H-pyrrole nitrogens is 1. The summed E-state index contributed by atoms with van der Waals surface area (Å²) in [6.07, 6.45) is -0.962. The van der Waals surface area contributed by atoms with Crippen LogP contribution in [0.2, 0.25) is 5.02 Å². The van der Waals surface area contributed by atoms with Crippen LogP contribution in [-0.2, 0) is 9.53 Å². The van der Waals surface area contributed by atoms with E-state index in [0.29, 0.717) is 16.3 Å². The summed E-state index contributed by atoms with van der Waals surface area (Å²) in [6, 6.07) is 12.1. The van der Waals surface area contributed by atoms with Crippen molar-refractivity contribution in [1.29, 1.82) is 0 Å². The molecular formula is C22H22ClN3O3. The molecule has 2 aromatic carbocycles. The second kappa shape index (κ2) is 8.49. The molecule has 1 heterocycles. The highest BCUT2D eigenvalue weighted by Gasteiger charge is 2.20. The summed E-state index contributed by atoms with van der Waals surface area (Å²) in [7, 11) is 0. The number of imidazole rings is 1.